The van der Waals surface area contributed by atoms with E-state index < -0.39 is 0 Å². The molecule has 0 bridgehead atoms. The van der Waals surface area contributed by atoms with E-state index in [2.05, 4.69) is 238 Å². The summed E-state index contributed by atoms with van der Waals surface area (Å²) in [6.45, 7) is 0. The second-order valence-corrected chi connectivity index (χ2v) is 16.1. The Bertz CT molecular complexity index is 3690. The zero-order valence-electron chi connectivity index (χ0n) is 33.2. The number of benzene rings is 10. The van der Waals surface area contributed by atoms with E-state index in [0.29, 0.717) is 0 Å². The lowest BCUT2D eigenvalue weighted by molar-refractivity contribution is 1.18. The van der Waals surface area contributed by atoms with E-state index >= 15 is 0 Å². The van der Waals surface area contributed by atoms with Gasteiger partial charge in [0.1, 0.15) is 0 Å². The molecule has 0 aliphatic carbocycles. The van der Waals surface area contributed by atoms with Gasteiger partial charge in [0.15, 0.2) is 0 Å². The molecular formula is C58H37N3. The molecule has 3 heteroatoms. The number of aromatic nitrogens is 2. The van der Waals surface area contributed by atoms with E-state index in [1.807, 2.05) is 0 Å². The molecule has 10 aromatic carbocycles. The first-order chi connectivity index (χ1) is 30.3. The quantitative estimate of drug-likeness (QED) is 0.170. The maximum absolute atomic E-state index is 2.50. The Labute approximate surface area is 353 Å². The molecule has 0 N–H and O–H groups in total. The van der Waals surface area contributed by atoms with Crippen LogP contribution in [-0.2, 0) is 0 Å². The van der Waals surface area contributed by atoms with Crippen LogP contribution in [0.4, 0.5) is 17.1 Å². The van der Waals surface area contributed by atoms with Crippen molar-refractivity contribution in [1.29, 1.82) is 0 Å². The number of para-hydroxylation sites is 3. The lowest BCUT2D eigenvalue weighted by Crippen LogP contribution is -2.15. The molecular weight excluding hydrogens is 739 g/mol. The summed E-state index contributed by atoms with van der Waals surface area (Å²) < 4.78 is 4.82. The van der Waals surface area contributed by atoms with Gasteiger partial charge in [0, 0.05) is 49.6 Å². The van der Waals surface area contributed by atoms with Gasteiger partial charge in [-0.2, -0.15) is 0 Å². The third kappa shape index (κ3) is 5.11. The van der Waals surface area contributed by atoms with Crippen molar-refractivity contribution >= 4 is 71.4 Å². The SMILES string of the molecule is c1ccc(-c2ccc3c(c2)c2cc4c(cc2n3-c2ccccc2)N(c2cccc(-c3ccc5c(c3)c3ccccc3n5-c3ccccc3)c2)c2cccc3cccc-4c23)cc1. The smallest absolute Gasteiger partial charge is 0.0562 e. The third-order valence-electron chi connectivity index (χ3n) is 12.8. The topological polar surface area (TPSA) is 13.1 Å². The third-order valence-corrected chi connectivity index (χ3v) is 12.8. The number of anilines is 3. The molecule has 0 amide bonds. The van der Waals surface area contributed by atoms with Crippen molar-refractivity contribution < 1.29 is 0 Å². The summed E-state index contributed by atoms with van der Waals surface area (Å²) in [5.74, 6) is 0. The first kappa shape index (κ1) is 33.8. The maximum atomic E-state index is 2.50. The lowest BCUT2D eigenvalue weighted by atomic mass is 9.89. The highest BCUT2D eigenvalue weighted by Crippen LogP contribution is 2.53. The van der Waals surface area contributed by atoms with Crippen LogP contribution in [0.2, 0.25) is 0 Å². The average Bonchev–Trinajstić information content (AvgIpc) is 3.83. The molecule has 0 unspecified atom stereocenters. The number of rotatable bonds is 5. The summed E-state index contributed by atoms with van der Waals surface area (Å²) in [6, 6.07) is 82.3. The largest absolute Gasteiger partial charge is 0.309 e. The van der Waals surface area contributed by atoms with Gasteiger partial charge in [-0.05, 0) is 118 Å². The van der Waals surface area contributed by atoms with Gasteiger partial charge in [0.25, 0.3) is 0 Å². The van der Waals surface area contributed by atoms with Gasteiger partial charge < -0.3 is 14.0 Å². The molecule has 0 radical (unpaired) electrons. The highest BCUT2D eigenvalue weighted by Gasteiger charge is 2.28. The number of fused-ring (bicyclic) bond motifs is 8. The highest BCUT2D eigenvalue weighted by atomic mass is 15.2. The molecule has 3 nitrogen and oxygen atoms in total. The minimum atomic E-state index is 1.13. The van der Waals surface area contributed by atoms with E-state index in [1.165, 1.54) is 105 Å². The summed E-state index contributed by atoms with van der Waals surface area (Å²) in [5, 5.41) is 7.49. The molecule has 284 valence electrons. The normalized spacial score (nSPS) is 12.2. The van der Waals surface area contributed by atoms with Crippen molar-refractivity contribution in [3.8, 4) is 44.8 Å². The van der Waals surface area contributed by atoms with Crippen LogP contribution in [0.1, 0.15) is 0 Å². The van der Waals surface area contributed by atoms with Crippen molar-refractivity contribution in [2.45, 2.75) is 0 Å². The van der Waals surface area contributed by atoms with Gasteiger partial charge in [-0.15, -0.1) is 0 Å². The van der Waals surface area contributed by atoms with E-state index in [9.17, 15) is 0 Å². The summed E-state index contributed by atoms with van der Waals surface area (Å²) in [6.07, 6.45) is 0. The Morgan fingerprint density at radius 2 is 0.787 bits per heavy atom. The summed E-state index contributed by atoms with van der Waals surface area (Å²) >= 11 is 0. The Morgan fingerprint density at radius 1 is 0.262 bits per heavy atom. The van der Waals surface area contributed by atoms with Gasteiger partial charge in [-0.3, -0.25) is 0 Å². The van der Waals surface area contributed by atoms with Gasteiger partial charge in [-0.25, -0.2) is 0 Å². The number of nitrogens with zero attached hydrogens (tertiary/aromatic N) is 3. The van der Waals surface area contributed by atoms with Crippen LogP contribution >= 0.6 is 0 Å². The number of hydrogen-bond donors (Lipinski definition) is 0. The fourth-order valence-corrected chi connectivity index (χ4v) is 10.1. The number of hydrogen-bond acceptors (Lipinski definition) is 1. The molecule has 0 fully saturated rings. The van der Waals surface area contributed by atoms with Crippen LogP contribution in [0.3, 0.4) is 0 Å². The molecule has 0 spiro atoms. The van der Waals surface area contributed by atoms with Crippen molar-refractivity contribution in [3.63, 3.8) is 0 Å². The van der Waals surface area contributed by atoms with E-state index in [0.717, 1.165) is 11.4 Å². The predicted octanol–water partition coefficient (Wildman–Crippen LogP) is 15.8. The van der Waals surface area contributed by atoms with E-state index in [-0.39, 0.29) is 0 Å². The van der Waals surface area contributed by atoms with Crippen LogP contribution in [-0.4, -0.2) is 9.13 Å². The van der Waals surface area contributed by atoms with Crippen LogP contribution in [0.25, 0.3) is 99.1 Å². The van der Waals surface area contributed by atoms with Gasteiger partial charge >= 0.3 is 0 Å². The summed E-state index contributed by atoms with van der Waals surface area (Å²) in [5.41, 5.74) is 17.9. The molecule has 3 heterocycles. The van der Waals surface area contributed by atoms with Crippen molar-refractivity contribution in [3.05, 3.63) is 224 Å². The second kappa shape index (κ2) is 13.2. The Balaban J connectivity index is 1.04. The molecule has 61 heavy (non-hydrogen) atoms. The van der Waals surface area contributed by atoms with Crippen LogP contribution < -0.4 is 4.90 Å². The summed E-state index contributed by atoms with van der Waals surface area (Å²) in [4.78, 5) is 2.50. The maximum Gasteiger partial charge on any atom is 0.0562 e. The minimum absolute atomic E-state index is 1.13. The van der Waals surface area contributed by atoms with Crippen molar-refractivity contribution in [1.82, 2.24) is 9.13 Å². The Hall–Kier alpha value is -8.14. The van der Waals surface area contributed by atoms with Crippen molar-refractivity contribution in [2.75, 3.05) is 4.90 Å². The van der Waals surface area contributed by atoms with E-state index in [1.54, 1.807) is 0 Å². The predicted molar refractivity (Wildman–Crippen MR) is 257 cm³/mol. The molecule has 0 atom stereocenters. The minimum Gasteiger partial charge on any atom is -0.309 e. The highest BCUT2D eigenvalue weighted by molar-refractivity contribution is 6.19. The van der Waals surface area contributed by atoms with Gasteiger partial charge in [-0.1, -0.05) is 140 Å². The average molecular weight is 776 g/mol. The summed E-state index contributed by atoms with van der Waals surface area (Å²) in [7, 11) is 0. The van der Waals surface area contributed by atoms with Crippen LogP contribution in [0, 0.1) is 0 Å². The van der Waals surface area contributed by atoms with Crippen LogP contribution in [0.5, 0.6) is 0 Å². The fraction of sp³-hybridized carbons (Fsp3) is 0. The standard InChI is InChI=1S/C58H37N3/c1-4-15-38(16-5-1)41-29-31-54-49(34-41)51-36-50-47-26-13-17-39-18-14-28-55(58(39)47)61(56(50)37-57(51)60(54)44-22-8-3-9-23-44)45-24-12-19-40(33-45)42-30-32-53-48(35-42)46-25-10-11-27-52(46)59(53)43-20-6-2-7-21-43/h1-37H. The zero-order chi connectivity index (χ0) is 40.0. The Morgan fingerprint density at radius 3 is 1.52 bits per heavy atom. The monoisotopic (exact) mass is 775 g/mol. The second-order valence-electron chi connectivity index (χ2n) is 16.1. The fourth-order valence-electron chi connectivity index (χ4n) is 10.1. The molecule has 1 aliphatic heterocycles. The Kier molecular flexibility index (Phi) is 7.31. The first-order valence-electron chi connectivity index (χ1n) is 21.0. The first-order valence-corrected chi connectivity index (χ1v) is 21.0. The van der Waals surface area contributed by atoms with E-state index in [4.69, 9.17) is 0 Å². The molecule has 2 aromatic heterocycles. The molecule has 0 saturated heterocycles. The van der Waals surface area contributed by atoms with Gasteiger partial charge in [0.2, 0.25) is 0 Å². The molecule has 12 aromatic rings. The lowest BCUT2D eigenvalue weighted by Gasteiger charge is -2.34. The molecule has 1 aliphatic rings. The van der Waals surface area contributed by atoms with Crippen molar-refractivity contribution in [2.24, 2.45) is 0 Å². The van der Waals surface area contributed by atoms with Gasteiger partial charge in [0.05, 0.1) is 33.4 Å². The zero-order valence-corrected chi connectivity index (χ0v) is 33.2. The molecule has 13 rings (SSSR count). The van der Waals surface area contributed by atoms with Crippen LogP contribution in [0.15, 0.2) is 224 Å². The molecule has 0 saturated carbocycles.